The Morgan fingerprint density at radius 2 is 2.14 bits per heavy atom. The first-order valence-corrected chi connectivity index (χ1v) is 5.64. The van der Waals surface area contributed by atoms with E-state index in [-0.39, 0.29) is 0 Å². The van der Waals surface area contributed by atoms with Gasteiger partial charge in [0.15, 0.2) is 0 Å². The van der Waals surface area contributed by atoms with Crippen LogP contribution >= 0.6 is 11.6 Å². The van der Waals surface area contributed by atoms with E-state index in [1.54, 1.807) is 0 Å². The van der Waals surface area contributed by atoms with Crippen LogP contribution < -0.4 is 4.90 Å². The molecule has 76 valence electrons. The van der Waals surface area contributed by atoms with Gasteiger partial charge in [-0.25, -0.2) is 0 Å². The predicted octanol–water partition coefficient (Wildman–Crippen LogP) is 3.33. The molecule has 1 aromatic rings. The Morgan fingerprint density at radius 3 is 2.71 bits per heavy atom. The van der Waals surface area contributed by atoms with Crippen LogP contribution in [0, 0.1) is 6.92 Å². The van der Waals surface area contributed by atoms with Crippen LogP contribution in [-0.2, 0) is 5.88 Å². The lowest BCUT2D eigenvalue weighted by Gasteiger charge is -2.21. The van der Waals surface area contributed by atoms with E-state index in [1.807, 2.05) is 0 Å². The maximum atomic E-state index is 5.95. The number of hydrogen-bond donors (Lipinski definition) is 0. The van der Waals surface area contributed by atoms with E-state index in [0.717, 1.165) is 6.04 Å². The van der Waals surface area contributed by atoms with Crippen molar-refractivity contribution in [2.24, 2.45) is 0 Å². The lowest BCUT2D eigenvalue weighted by Crippen LogP contribution is -2.20. The third-order valence-electron chi connectivity index (χ3n) is 2.85. The molecule has 0 atom stereocenters. The Hall–Kier alpha value is -0.690. The summed E-state index contributed by atoms with van der Waals surface area (Å²) in [5, 5.41) is 0. The summed E-state index contributed by atoms with van der Waals surface area (Å²) in [6.45, 7) is 2.11. The number of hydrogen-bond acceptors (Lipinski definition) is 1. The van der Waals surface area contributed by atoms with Gasteiger partial charge in [-0.1, -0.05) is 17.7 Å². The summed E-state index contributed by atoms with van der Waals surface area (Å²) in [7, 11) is 2.17. The molecule has 1 aromatic carbocycles. The van der Waals surface area contributed by atoms with E-state index in [2.05, 4.69) is 37.1 Å². The summed E-state index contributed by atoms with van der Waals surface area (Å²) in [6.07, 6.45) is 2.65. The Kier molecular flexibility index (Phi) is 2.69. The number of nitrogens with zero attached hydrogens (tertiary/aromatic N) is 1. The molecule has 2 rings (SSSR count). The highest BCUT2D eigenvalue weighted by molar-refractivity contribution is 6.17. The number of aryl methyl sites for hydroxylation is 1. The van der Waals surface area contributed by atoms with Gasteiger partial charge in [0.1, 0.15) is 0 Å². The lowest BCUT2D eigenvalue weighted by molar-refractivity contribution is 0.909. The van der Waals surface area contributed by atoms with E-state index in [0.29, 0.717) is 5.88 Å². The molecule has 0 aromatic heterocycles. The van der Waals surface area contributed by atoms with Gasteiger partial charge < -0.3 is 4.90 Å². The van der Waals surface area contributed by atoms with Gasteiger partial charge in [0.05, 0.1) is 0 Å². The van der Waals surface area contributed by atoms with Crippen LogP contribution in [-0.4, -0.2) is 13.1 Å². The zero-order valence-electron chi connectivity index (χ0n) is 8.76. The summed E-state index contributed by atoms with van der Waals surface area (Å²) < 4.78 is 0. The highest BCUT2D eigenvalue weighted by Crippen LogP contribution is 2.33. The van der Waals surface area contributed by atoms with Gasteiger partial charge in [-0.2, -0.15) is 0 Å². The van der Waals surface area contributed by atoms with Gasteiger partial charge in [0.2, 0.25) is 0 Å². The average Bonchev–Trinajstić information content (AvgIpc) is 3.00. The maximum absolute atomic E-state index is 5.95. The van der Waals surface area contributed by atoms with Crippen LogP contribution in [0.15, 0.2) is 18.2 Å². The minimum atomic E-state index is 0.605. The van der Waals surface area contributed by atoms with Crippen molar-refractivity contribution >= 4 is 17.3 Å². The second-order valence-corrected chi connectivity index (χ2v) is 4.38. The predicted molar refractivity (Wildman–Crippen MR) is 62.2 cm³/mol. The molecule has 0 amide bonds. The monoisotopic (exact) mass is 209 g/mol. The molecule has 1 aliphatic rings. The normalized spacial score (nSPS) is 15.6. The van der Waals surface area contributed by atoms with Gasteiger partial charge >= 0.3 is 0 Å². The number of anilines is 1. The first-order chi connectivity index (χ1) is 6.72. The molecule has 0 heterocycles. The second-order valence-electron chi connectivity index (χ2n) is 4.11. The highest BCUT2D eigenvalue weighted by Gasteiger charge is 2.27. The summed E-state index contributed by atoms with van der Waals surface area (Å²) in [6, 6.07) is 7.27. The zero-order chi connectivity index (χ0) is 10.1. The molecule has 0 saturated heterocycles. The fourth-order valence-corrected chi connectivity index (χ4v) is 2.04. The molecule has 0 bridgehead atoms. The van der Waals surface area contributed by atoms with E-state index < -0.39 is 0 Å². The summed E-state index contributed by atoms with van der Waals surface area (Å²) in [5.74, 6) is 0.605. The van der Waals surface area contributed by atoms with Crippen LogP contribution in [0.2, 0.25) is 0 Å². The van der Waals surface area contributed by atoms with E-state index in [4.69, 9.17) is 11.6 Å². The molecule has 0 N–H and O–H groups in total. The number of halogens is 1. The van der Waals surface area contributed by atoms with Crippen molar-refractivity contribution < 1.29 is 0 Å². The Morgan fingerprint density at radius 1 is 1.43 bits per heavy atom. The SMILES string of the molecule is Cc1ccc(N(C)C2CC2)c(CCl)c1. The molecule has 14 heavy (non-hydrogen) atoms. The molecule has 0 unspecified atom stereocenters. The topological polar surface area (TPSA) is 3.24 Å². The summed E-state index contributed by atoms with van der Waals surface area (Å²) in [5.41, 5.74) is 3.84. The number of rotatable bonds is 3. The fraction of sp³-hybridized carbons (Fsp3) is 0.500. The van der Waals surface area contributed by atoms with Crippen LogP contribution in [0.25, 0.3) is 0 Å². The Balaban J connectivity index is 2.30. The molecular formula is C12H16ClN. The Labute approximate surface area is 90.7 Å². The molecule has 0 radical (unpaired) electrons. The van der Waals surface area contributed by atoms with E-state index in [9.17, 15) is 0 Å². The van der Waals surface area contributed by atoms with Gasteiger partial charge in [-0.05, 0) is 31.4 Å². The van der Waals surface area contributed by atoms with Crippen molar-refractivity contribution in [3.8, 4) is 0 Å². The van der Waals surface area contributed by atoms with Crippen LogP contribution in [0.4, 0.5) is 5.69 Å². The third kappa shape index (κ3) is 1.88. The molecule has 2 heteroatoms. The smallest absolute Gasteiger partial charge is 0.0494 e. The number of benzene rings is 1. The molecular weight excluding hydrogens is 194 g/mol. The maximum Gasteiger partial charge on any atom is 0.0494 e. The first-order valence-electron chi connectivity index (χ1n) is 5.10. The fourth-order valence-electron chi connectivity index (χ4n) is 1.82. The Bertz CT molecular complexity index is 331. The number of alkyl halides is 1. The van der Waals surface area contributed by atoms with Crippen molar-refractivity contribution in [1.29, 1.82) is 0 Å². The van der Waals surface area contributed by atoms with E-state index in [1.165, 1.54) is 29.7 Å². The van der Waals surface area contributed by atoms with Crippen molar-refractivity contribution in [2.75, 3.05) is 11.9 Å². The van der Waals surface area contributed by atoms with Crippen molar-refractivity contribution in [3.63, 3.8) is 0 Å². The second kappa shape index (κ2) is 3.82. The van der Waals surface area contributed by atoms with Gasteiger partial charge in [0, 0.05) is 24.7 Å². The van der Waals surface area contributed by atoms with Gasteiger partial charge in [-0.15, -0.1) is 11.6 Å². The molecule has 1 fully saturated rings. The summed E-state index contributed by atoms with van der Waals surface area (Å²) in [4.78, 5) is 2.36. The van der Waals surface area contributed by atoms with E-state index >= 15 is 0 Å². The molecule has 1 nitrogen and oxygen atoms in total. The lowest BCUT2D eigenvalue weighted by atomic mass is 10.1. The molecule has 0 aliphatic heterocycles. The molecule has 1 saturated carbocycles. The van der Waals surface area contributed by atoms with Crippen LogP contribution in [0.1, 0.15) is 24.0 Å². The van der Waals surface area contributed by atoms with Gasteiger partial charge in [-0.3, -0.25) is 0 Å². The quantitative estimate of drug-likeness (QED) is 0.691. The minimum Gasteiger partial charge on any atom is -0.371 e. The molecule has 1 aliphatic carbocycles. The zero-order valence-corrected chi connectivity index (χ0v) is 9.51. The van der Waals surface area contributed by atoms with Crippen LogP contribution in [0.3, 0.4) is 0 Å². The first kappa shape index (κ1) is 9.85. The van der Waals surface area contributed by atoms with Gasteiger partial charge in [0.25, 0.3) is 0 Å². The molecule has 0 spiro atoms. The average molecular weight is 210 g/mol. The standard InChI is InChI=1S/C12H16ClN/c1-9-3-6-12(10(7-9)8-13)14(2)11-4-5-11/h3,6-7,11H,4-5,8H2,1-2H3. The van der Waals surface area contributed by atoms with Crippen molar-refractivity contribution in [2.45, 2.75) is 31.7 Å². The van der Waals surface area contributed by atoms with Crippen molar-refractivity contribution in [3.05, 3.63) is 29.3 Å². The largest absolute Gasteiger partial charge is 0.371 e. The minimum absolute atomic E-state index is 0.605. The highest BCUT2D eigenvalue weighted by atomic mass is 35.5. The van der Waals surface area contributed by atoms with Crippen LogP contribution in [0.5, 0.6) is 0 Å². The summed E-state index contributed by atoms with van der Waals surface area (Å²) >= 11 is 5.95. The van der Waals surface area contributed by atoms with Crippen molar-refractivity contribution in [1.82, 2.24) is 0 Å². The third-order valence-corrected chi connectivity index (χ3v) is 3.14.